The number of rotatable bonds is 1. The van der Waals surface area contributed by atoms with Gasteiger partial charge in [-0.25, -0.2) is 9.97 Å². The number of aromatic nitrogens is 3. The van der Waals surface area contributed by atoms with E-state index in [0.29, 0.717) is 0 Å². The van der Waals surface area contributed by atoms with Gasteiger partial charge >= 0.3 is 0 Å². The molecule has 5 heteroatoms. The van der Waals surface area contributed by atoms with E-state index in [9.17, 15) is 0 Å². The van der Waals surface area contributed by atoms with Crippen LogP contribution in [0.1, 0.15) is 2.85 Å². The summed E-state index contributed by atoms with van der Waals surface area (Å²) in [4.78, 5) is 14.0. The van der Waals surface area contributed by atoms with E-state index in [-0.39, 0.29) is 2.85 Å². The second-order valence-electron chi connectivity index (χ2n) is 3.67. The van der Waals surface area contributed by atoms with Crippen molar-refractivity contribution in [2.45, 2.75) is 0 Å². The average Bonchev–Trinajstić information content (AvgIpc) is 2.78. The molecule has 5 nitrogen and oxygen atoms in total. The fraction of sp³-hybridized carbons (Fsp3) is 0.400. The first-order chi connectivity index (χ1) is 7.45. The smallest absolute Gasteiger partial charge is 0.142 e. The molecular formula is C10H17N5. The van der Waals surface area contributed by atoms with Gasteiger partial charge in [0.2, 0.25) is 0 Å². The predicted molar refractivity (Wildman–Crippen MR) is 63.2 cm³/mol. The standard InChI is InChI=1S/C10H13N5.2H2/c1-2-12-9-8(1)10(14-7-13-9)15-5-3-11-4-6-15;;/h1-2,7,11H,3-6H2,(H,12,13,14);2*1H. The van der Waals surface area contributed by atoms with Gasteiger partial charge in [-0.1, -0.05) is 0 Å². The molecule has 2 aromatic rings. The summed E-state index contributed by atoms with van der Waals surface area (Å²) in [5.74, 6) is 1.04. The van der Waals surface area contributed by atoms with E-state index in [1.165, 1.54) is 0 Å². The summed E-state index contributed by atoms with van der Waals surface area (Å²) in [6, 6.07) is 2.03. The maximum absolute atomic E-state index is 4.37. The molecule has 0 aromatic carbocycles. The summed E-state index contributed by atoms with van der Waals surface area (Å²) in [5, 5.41) is 4.44. The van der Waals surface area contributed by atoms with Gasteiger partial charge < -0.3 is 15.2 Å². The van der Waals surface area contributed by atoms with Gasteiger partial charge in [0.05, 0.1) is 5.39 Å². The number of H-pyrrole nitrogens is 1. The molecule has 0 spiro atoms. The Morgan fingerprint density at radius 3 is 3.00 bits per heavy atom. The molecule has 1 saturated heterocycles. The van der Waals surface area contributed by atoms with Crippen molar-refractivity contribution in [2.75, 3.05) is 31.1 Å². The van der Waals surface area contributed by atoms with Crippen molar-refractivity contribution in [2.24, 2.45) is 0 Å². The summed E-state index contributed by atoms with van der Waals surface area (Å²) >= 11 is 0. The highest BCUT2D eigenvalue weighted by Gasteiger charge is 2.14. The van der Waals surface area contributed by atoms with Gasteiger partial charge in [-0.15, -0.1) is 0 Å². The van der Waals surface area contributed by atoms with Crippen LogP contribution in [0.15, 0.2) is 18.6 Å². The quantitative estimate of drug-likeness (QED) is 0.728. The molecule has 0 atom stereocenters. The number of fused-ring (bicyclic) bond motifs is 1. The minimum Gasteiger partial charge on any atom is -0.353 e. The summed E-state index contributed by atoms with van der Waals surface area (Å²) in [6.07, 6.45) is 3.53. The number of piperazine rings is 1. The fourth-order valence-electron chi connectivity index (χ4n) is 1.99. The molecule has 0 bridgehead atoms. The third-order valence-corrected chi connectivity index (χ3v) is 2.75. The molecule has 15 heavy (non-hydrogen) atoms. The van der Waals surface area contributed by atoms with Crippen molar-refractivity contribution in [3.63, 3.8) is 0 Å². The molecule has 2 N–H and O–H groups in total. The molecule has 1 aliphatic rings. The Morgan fingerprint density at radius 1 is 1.27 bits per heavy atom. The van der Waals surface area contributed by atoms with Crippen LogP contribution in [-0.4, -0.2) is 41.1 Å². The van der Waals surface area contributed by atoms with E-state index in [0.717, 1.165) is 43.0 Å². The maximum Gasteiger partial charge on any atom is 0.142 e. The van der Waals surface area contributed by atoms with Gasteiger partial charge in [0.25, 0.3) is 0 Å². The second kappa shape index (κ2) is 3.51. The van der Waals surface area contributed by atoms with E-state index in [1.54, 1.807) is 6.33 Å². The number of hydrogen-bond acceptors (Lipinski definition) is 4. The van der Waals surface area contributed by atoms with E-state index in [2.05, 4.69) is 25.2 Å². The SMILES string of the molecule is [HH].[HH].c1nc(N2CCNCC2)c2cc[nH]c2n1. The second-order valence-corrected chi connectivity index (χ2v) is 3.67. The van der Waals surface area contributed by atoms with Crippen molar-refractivity contribution in [3.8, 4) is 0 Å². The number of nitrogens with zero attached hydrogens (tertiary/aromatic N) is 3. The maximum atomic E-state index is 4.37. The molecule has 82 valence electrons. The third kappa shape index (κ3) is 1.45. The normalized spacial score (nSPS) is 17.2. The lowest BCUT2D eigenvalue weighted by Crippen LogP contribution is -2.43. The summed E-state index contributed by atoms with van der Waals surface area (Å²) in [6.45, 7) is 4.07. The zero-order chi connectivity index (χ0) is 10.1. The highest BCUT2D eigenvalue weighted by molar-refractivity contribution is 5.87. The lowest BCUT2D eigenvalue weighted by Gasteiger charge is -2.28. The van der Waals surface area contributed by atoms with Crippen molar-refractivity contribution in [3.05, 3.63) is 18.6 Å². The van der Waals surface area contributed by atoms with Crippen LogP contribution in [0.25, 0.3) is 11.0 Å². The van der Waals surface area contributed by atoms with Crippen LogP contribution < -0.4 is 10.2 Å². The number of anilines is 1. The molecule has 0 radical (unpaired) electrons. The Bertz CT molecular complexity index is 466. The Labute approximate surface area is 90.5 Å². The van der Waals surface area contributed by atoms with Crippen LogP contribution in [0.3, 0.4) is 0 Å². The van der Waals surface area contributed by atoms with E-state index >= 15 is 0 Å². The van der Waals surface area contributed by atoms with E-state index in [4.69, 9.17) is 0 Å². The average molecular weight is 207 g/mol. The highest BCUT2D eigenvalue weighted by atomic mass is 15.2. The molecule has 3 heterocycles. The Balaban J connectivity index is 0.000000722. The van der Waals surface area contributed by atoms with E-state index < -0.39 is 0 Å². The van der Waals surface area contributed by atoms with Crippen molar-refractivity contribution >= 4 is 16.9 Å². The topological polar surface area (TPSA) is 56.8 Å². The van der Waals surface area contributed by atoms with Gasteiger partial charge in [0.15, 0.2) is 0 Å². The van der Waals surface area contributed by atoms with Crippen LogP contribution >= 0.6 is 0 Å². The third-order valence-electron chi connectivity index (χ3n) is 2.75. The molecule has 2 aromatic heterocycles. The molecule has 0 amide bonds. The number of nitrogens with one attached hydrogen (secondary N) is 2. The Morgan fingerprint density at radius 2 is 2.13 bits per heavy atom. The van der Waals surface area contributed by atoms with Gasteiger partial charge in [-0.2, -0.15) is 0 Å². The largest absolute Gasteiger partial charge is 0.353 e. The monoisotopic (exact) mass is 207 g/mol. The minimum atomic E-state index is 0. The zero-order valence-electron chi connectivity index (χ0n) is 8.40. The number of hydrogen-bond donors (Lipinski definition) is 2. The van der Waals surface area contributed by atoms with Gasteiger partial charge in [0.1, 0.15) is 17.8 Å². The summed E-state index contributed by atoms with van der Waals surface area (Å²) in [7, 11) is 0. The van der Waals surface area contributed by atoms with Crippen LogP contribution in [0.4, 0.5) is 5.82 Å². The zero-order valence-corrected chi connectivity index (χ0v) is 8.40. The first kappa shape index (κ1) is 8.67. The van der Waals surface area contributed by atoms with Crippen LogP contribution in [-0.2, 0) is 0 Å². The van der Waals surface area contributed by atoms with Crippen molar-refractivity contribution in [1.29, 1.82) is 0 Å². The first-order valence-corrected chi connectivity index (χ1v) is 5.19. The van der Waals surface area contributed by atoms with Crippen LogP contribution in [0.2, 0.25) is 0 Å². The van der Waals surface area contributed by atoms with Gasteiger partial charge in [-0.05, 0) is 6.07 Å². The van der Waals surface area contributed by atoms with Crippen LogP contribution in [0.5, 0.6) is 0 Å². The molecular weight excluding hydrogens is 190 g/mol. The summed E-state index contributed by atoms with van der Waals surface area (Å²) < 4.78 is 0. The predicted octanol–water partition coefficient (Wildman–Crippen LogP) is 0.859. The first-order valence-electron chi connectivity index (χ1n) is 5.19. The molecule has 3 rings (SSSR count). The molecule has 0 aliphatic carbocycles. The van der Waals surface area contributed by atoms with Crippen molar-refractivity contribution in [1.82, 2.24) is 20.3 Å². The molecule has 1 fully saturated rings. The molecule has 0 saturated carbocycles. The number of aromatic amines is 1. The van der Waals surface area contributed by atoms with E-state index in [1.807, 2.05) is 12.3 Å². The minimum absolute atomic E-state index is 0. The lowest BCUT2D eigenvalue weighted by molar-refractivity contribution is 0.586. The molecule has 1 aliphatic heterocycles. The van der Waals surface area contributed by atoms with Crippen molar-refractivity contribution < 1.29 is 2.85 Å². The van der Waals surface area contributed by atoms with Crippen LogP contribution in [0, 0.1) is 0 Å². The highest BCUT2D eigenvalue weighted by Crippen LogP contribution is 2.21. The Hall–Kier alpha value is -1.62. The summed E-state index contributed by atoms with van der Waals surface area (Å²) in [5.41, 5.74) is 0.915. The molecule has 0 unspecified atom stereocenters. The lowest BCUT2D eigenvalue weighted by atomic mass is 10.3. The Kier molecular flexibility index (Phi) is 2.03. The fourth-order valence-corrected chi connectivity index (χ4v) is 1.99. The van der Waals surface area contributed by atoms with Gasteiger partial charge in [0, 0.05) is 35.2 Å². The van der Waals surface area contributed by atoms with Gasteiger partial charge in [-0.3, -0.25) is 0 Å².